The van der Waals surface area contributed by atoms with E-state index < -0.39 is 11.8 Å². The smallest absolute Gasteiger partial charge is 0.168 e. The summed E-state index contributed by atoms with van der Waals surface area (Å²) in [5.74, 6) is -1.51. The number of hydrogen-bond donors (Lipinski definition) is 0. The molecule has 0 fully saturated rings. The van der Waals surface area contributed by atoms with E-state index in [9.17, 15) is 0 Å². The molecule has 0 heterocycles. The monoisotopic (exact) mass is 916 g/mol. The molecule has 0 aliphatic heterocycles. The van der Waals surface area contributed by atoms with Crippen molar-refractivity contribution in [1.82, 2.24) is 0 Å². The summed E-state index contributed by atoms with van der Waals surface area (Å²) in [6.45, 7) is 0. The summed E-state index contributed by atoms with van der Waals surface area (Å²) in [6, 6.07) is 72.9. The largest absolute Gasteiger partial charge is 0.294 e. The van der Waals surface area contributed by atoms with Crippen LogP contribution in [0.1, 0.15) is 179 Å². The van der Waals surface area contributed by atoms with Gasteiger partial charge in [-0.2, -0.15) is 0 Å². The molecule has 72 heavy (non-hydrogen) atoms. The maximum Gasteiger partial charge on any atom is 0.168 e. The minimum absolute atomic E-state index is 0.00442. The molecule has 0 saturated carbocycles. The first-order valence-electron chi connectivity index (χ1n) is 26.4. The predicted molar refractivity (Wildman–Crippen MR) is 279 cm³/mol. The van der Waals surface area contributed by atoms with Gasteiger partial charge in [-0.15, -0.1) is 0 Å². The van der Waals surface area contributed by atoms with Crippen LogP contribution >= 0.6 is 0 Å². The molecule has 14 aliphatic rings. The average molecular weight is 917 g/mol. The van der Waals surface area contributed by atoms with Crippen molar-refractivity contribution in [3.63, 3.8) is 0 Å². The Morgan fingerprint density at radius 2 is 0.403 bits per heavy atom. The van der Waals surface area contributed by atoms with E-state index >= 15 is 9.59 Å². The molecule has 9 aromatic rings. The lowest BCUT2D eigenvalue weighted by atomic mass is 9.40. The third-order valence-corrected chi connectivity index (χ3v) is 20.5. The van der Waals surface area contributed by atoms with Gasteiger partial charge in [0.15, 0.2) is 11.6 Å². The highest BCUT2D eigenvalue weighted by molar-refractivity contribution is 6.20. The van der Waals surface area contributed by atoms with Crippen molar-refractivity contribution in [2.45, 2.75) is 47.3 Å². The Labute approximate surface area is 417 Å². The van der Waals surface area contributed by atoms with Gasteiger partial charge in [-0.05, 0) is 111 Å². The lowest BCUT2D eigenvalue weighted by molar-refractivity contribution is 0.0528. The Balaban J connectivity index is 0.978. The summed E-state index contributed by atoms with van der Waals surface area (Å²) in [5, 5.41) is 0. The molecular formula is C70H44O2. The van der Waals surface area contributed by atoms with Gasteiger partial charge in [0.1, 0.15) is 0 Å². The number of Topliss-reactive ketones (excluding diaryl/α,β-unsaturated/α-hetero) is 2. The quantitative estimate of drug-likeness (QED) is 0.142. The van der Waals surface area contributed by atoms with Crippen molar-refractivity contribution in [3.8, 4) is 0 Å². The average Bonchev–Trinajstić information content (AvgIpc) is 3.45. The van der Waals surface area contributed by atoms with Crippen LogP contribution in [0.25, 0.3) is 0 Å². The van der Waals surface area contributed by atoms with Crippen molar-refractivity contribution in [2.75, 3.05) is 0 Å². The molecule has 14 aliphatic carbocycles. The first kappa shape index (κ1) is 37.8. The molecule has 0 saturated heterocycles. The zero-order valence-electron chi connectivity index (χ0n) is 39.2. The third kappa shape index (κ3) is 4.02. The van der Waals surface area contributed by atoms with Crippen molar-refractivity contribution in [2.24, 2.45) is 23.7 Å². The third-order valence-electron chi connectivity index (χ3n) is 20.5. The highest BCUT2D eigenvalue weighted by Crippen LogP contribution is 2.74. The molecule has 0 aromatic heterocycles. The number of benzene rings is 9. The molecule has 0 unspecified atom stereocenters. The zero-order chi connectivity index (χ0) is 46.6. The van der Waals surface area contributed by atoms with Crippen LogP contribution in [0.15, 0.2) is 205 Å². The number of carbonyl (C=O) groups excluding carboxylic acids is 2. The molecular weight excluding hydrogens is 873 g/mol. The van der Waals surface area contributed by atoms with E-state index in [4.69, 9.17) is 0 Å². The fourth-order valence-electron chi connectivity index (χ4n) is 18.7. The van der Waals surface area contributed by atoms with Gasteiger partial charge in [0.05, 0.1) is 0 Å². The topological polar surface area (TPSA) is 34.1 Å². The number of allylic oxidation sites excluding steroid dienone is 2. The molecule has 0 spiro atoms. The predicted octanol–water partition coefficient (Wildman–Crippen LogP) is 14.4. The van der Waals surface area contributed by atoms with E-state index in [1.54, 1.807) is 0 Å². The van der Waals surface area contributed by atoms with E-state index in [0.29, 0.717) is 0 Å². The normalized spacial score (nSPS) is 29.1. The van der Waals surface area contributed by atoms with E-state index in [1.807, 2.05) is 0 Å². The highest BCUT2D eigenvalue weighted by atomic mass is 16.1. The molecule has 2 nitrogen and oxygen atoms in total. The standard InChI is InChI=1S/C70H44O2/c71-69-65-61-53-41-25-9-1-17-33(41)49(34-18-2-10-26-42(34)53)57(61)58-50-35-19-3-11-27-43(35)54(44-28-12-4-20-36(44)50)62(58)66(65)70(72)68-64-56-47-31-15-7-23-39(47)52(40-24-8-16-32-48(40)56)60(64)59-51-37-21-5-13-29-45(37)55(63(59)67(68)69)46-30-14-6-22-38(46)51/h1-32,49-56,61-62,65-66H/t49?,50?,51?,52?,53?,54?,55?,56?,61-,62-,65-,66-/m0/s1. The van der Waals surface area contributed by atoms with Crippen molar-refractivity contribution >= 4 is 11.6 Å². The summed E-state index contributed by atoms with van der Waals surface area (Å²) in [5.41, 5.74) is 30.6. The minimum Gasteiger partial charge on any atom is -0.294 e. The molecule has 4 atom stereocenters. The number of rotatable bonds is 0. The first-order valence-corrected chi connectivity index (χ1v) is 26.4. The second-order valence-electron chi connectivity index (χ2n) is 22.7. The summed E-state index contributed by atoms with van der Waals surface area (Å²) in [4.78, 5) is 35.4. The molecule has 0 amide bonds. The SMILES string of the molecule is O=C1c2c(c3c(c4c2C2c5ccccc5C4c4ccccc42)C2c4ccccc4C3c3ccccc32)C(=O)[C@@H]2[C@@H]1[C@@H]1C(=C3C4c5ccccc5C(c5ccccc54)[C@@H]32)C2c3ccccc3C1c1ccccc12. The highest BCUT2D eigenvalue weighted by Gasteiger charge is 2.67. The number of ketones is 2. The Morgan fingerprint density at radius 3 is 0.639 bits per heavy atom. The van der Waals surface area contributed by atoms with E-state index in [2.05, 4.69) is 194 Å². The fraction of sp³-hybridized carbons (Fsp3) is 0.171. The Kier molecular flexibility index (Phi) is 6.69. The van der Waals surface area contributed by atoms with Gasteiger partial charge in [-0.25, -0.2) is 0 Å². The minimum atomic E-state index is -0.532. The first-order chi connectivity index (χ1) is 35.7. The second kappa shape index (κ2) is 12.7. The van der Waals surface area contributed by atoms with Gasteiger partial charge < -0.3 is 0 Å². The Morgan fingerprint density at radius 1 is 0.208 bits per heavy atom. The molecule has 23 rings (SSSR count). The summed E-state index contributed by atoms with van der Waals surface area (Å²) >= 11 is 0. The van der Waals surface area contributed by atoms with Crippen LogP contribution < -0.4 is 0 Å². The Bertz CT molecular complexity index is 3690. The van der Waals surface area contributed by atoms with Crippen molar-refractivity contribution in [3.05, 3.63) is 328 Å². The van der Waals surface area contributed by atoms with Crippen molar-refractivity contribution in [1.29, 1.82) is 0 Å². The Hall–Kier alpha value is -7.94. The fourth-order valence-corrected chi connectivity index (χ4v) is 18.7. The van der Waals surface area contributed by atoms with Gasteiger partial charge >= 0.3 is 0 Å². The zero-order valence-corrected chi connectivity index (χ0v) is 39.2. The molecule has 2 heteroatoms. The van der Waals surface area contributed by atoms with Crippen molar-refractivity contribution < 1.29 is 9.59 Å². The molecule has 8 bridgehead atoms. The van der Waals surface area contributed by atoms with Gasteiger partial charge in [-0.3, -0.25) is 9.59 Å². The van der Waals surface area contributed by atoms with Gasteiger partial charge in [-0.1, -0.05) is 205 Å². The van der Waals surface area contributed by atoms with E-state index in [1.165, 1.54) is 111 Å². The summed E-state index contributed by atoms with van der Waals surface area (Å²) in [6.07, 6.45) is 0. The van der Waals surface area contributed by atoms with Crippen LogP contribution in [0.3, 0.4) is 0 Å². The van der Waals surface area contributed by atoms with E-state index in [-0.39, 0.29) is 70.7 Å². The molecule has 9 aromatic carbocycles. The maximum absolute atomic E-state index is 17.7. The lowest BCUT2D eigenvalue weighted by Crippen LogP contribution is -2.57. The van der Waals surface area contributed by atoms with Crippen LogP contribution in [0.2, 0.25) is 0 Å². The number of fused-ring (bicyclic) bond motifs is 2. The van der Waals surface area contributed by atoms with Crippen LogP contribution in [0.5, 0.6) is 0 Å². The molecule has 0 N–H and O–H groups in total. The number of carbonyl (C=O) groups is 2. The maximum atomic E-state index is 17.7. The van der Waals surface area contributed by atoms with Gasteiger partial charge in [0.25, 0.3) is 0 Å². The summed E-state index contributed by atoms with van der Waals surface area (Å²) in [7, 11) is 0. The van der Waals surface area contributed by atoms with Crippen LogP contribution in [-0.4, -0.2) is 11.6 Å². The number of hydrogen-bond acceptors (Lipinski definition) is 2. The second-order valence-corrected chi connectivity index (χ2v) is 22.7. The molecule has 336 valence electrons. The molecule has 0 radical (unpaired) electrons. The van der Waals surface area contributed by atoms with Gasteiger partial charge in [0, 0.05) is 82.1 Å². The van der Waals surface area contributed by atoms with Crippen LogP contribution in [-0.2, 0) is 0 Å². The van der Waals surface area contributed by atoms with Crippen LogP contribution in [0.4, 0.5) is 0 Å². The summed E-state index contributed by atoms with van der Waals surface area (Å²) < 4.78 is 0. The van der Waals surface area contributed by atoms with Gasteiger partial charge in [0.2, 0.25) is 0 Å². The van der Waals surface area contributed by atoms with Crippen LogP contribution in [0, 0.1) is 23.7 Å². The van der Waals surface area contributed by atoms with E-state index in [0.717, 1.165) is 22.3 Å². The lowest BCUT2D eigenvalue weighted by Gasteiger charge is -2.62.